The van der Waals surface area contributed by atoms with Crippen LogP contribution >= 0.6 is 15.9 Å². The Morgan fingerprint density at radius 2 is 1.50 bits per heavy atom. The van der Waals surface area contributed by atoms with Crippen LogP contribution in [0, 0.1) is 5.92 Å². The molecule has 0 aromatic heterocycles. The van der Waals surface area contributed by atoms with Crippen LogP contribution in [0.2, 0.25) is 0 Å². The minimum Gasteiger partial charge on any atom is -0.335 e. The largest absolute Gasteiger partial charge is 0.335 e. The highest BCUT2D eigenvalue weighted by atomic mass is 79.9. The highest BCUT2D eigenvalue weighted by Crippen LogP contribution is 2.42. The second-order valence-electron chi connectivity index (χ2n) is 8.98. The second kappa shape index (κ2) is 9.60. The summed E-state index contributed by atoms with van der Waals surface area (Å²) in [6.07, 6.45) is 1.98. The predicted molar refractivity (Wildman–Crippen MR) is 133 cm³/mol. The number of hydrogen-bond donors (Lipinski definition) is 1. The molecule has 2 aliphatic rings. The van der Waals surface area contributed by atoms with Crippen molar-refractivity contribution in [2.45, 2.75) is 30.7 Å². The maximum Gasteiger partial charge on any atom is 0.228 e. The first kappa shape index (κ1) is 21.4. The molecule has 0 radical (unpaired) electrons. The molecule has 32 heavy (non-hydrogen) atoms. The van der Waals surface area contributed by atoms with E-state index in [1.807, 2.05) is 6.07 Å². The fourth-order valence-electron chi connectivity index (χ4n) is 5.50. The van der Waals surface area contributed by atoms with Gasteiger partial charge < -0.3 is 10.2 Å². The maximum absolute atomic E-state index is 14.0. The van der Waals surface area contributed by atoms with Gasteiger partial charge in [0.15, 0.2) is 0 Å². The van der Waals surface area contributed by atoms with E-state index in [4.69, 9.17) is 0 Å². The lowest BCUT2D eigenvalue weighted by Crippen LogP contribution is -2.45. The summed E-state index contributed by atoms with van der Waals surface area (Å²) in [7, 11) is 0. The third-order valence-corrected chi connectivity index (χ3v) is 7.90. The van der Waals surface area contributed by atoms with E-state index in [9.17, 15) is 4.79 Å². The second-order valence-corrected chi connectivity index (χ2v) is 9.84. The van der Waals surface area contributed by atoms with Crippen molar-refractivity contribution >= 4 is 21.8 Å². The average Bonchev–Trinajstić information content (AvgIpc) is 3.34. The summed E-state index contributed by atoms with van der Waals surface area (Å²) in [5.41, 5.74) is 3.85. The molecule has 4 heteroatoms. The summed E-state index contributed by atoms with van der Waals surface area (Å²) in [5, 5.41) is 3.49. The highest BCUT2D eigenvalue weighted by molar-refractivity contribution is 9.10. The van der Waals surface area contributed by atoms with Crippen LogP contribution in [-0.4, -0.2) is 30.4 Å². The molecule has 2 saturated heterocycles. The third-order valence-electron chi connectivity index (χ3n) is 7.18. The molecule has 4 atom stereocenters. The summed E-state index contributed by atoms with van der Waals surface area (Å²) in [6, 6.07) is 29.8. The summed E-state index contributed by atoms with van der Waals surface area (Å²) < 4.78 is 1.09. The fourth-order valence-corrected chi connectivity index (χ4v) is 6.08. The van der Waals surface area contributed by atoms with Gasteiger partial charge in [0.2, 0.25) is 5.91 Å². The molecule has 3 aromatic rings. The van der Waals surface area contributed by atoms with E-state index < -0.39 is 0 Å². The Bertz CT molecular complexity index is 1060. The van der Waals surface area contributed by atoms with Crippen LogP contribution in [0.5, 0.6) is 0 Å². The van der Waals surface area contributed by atoms with E-state index in [0.29, 0.717) is 5.92 Å². The minimum absolute atomic E-state index is 0.0341. The number of amides is 1. The molecule has 1 amide bonds. The monoisotopic (exact) mass is 488 g/mol. The van der Waals surface area contributed by atoms with E-state index in [0.717, 1.165) is 36.9 Å². The number of halogens is 1. The zero-order valence-corrected chi connectivity index (χ0v) is 19.7. The lowest BCUT2D eigenvalue weighted by atomic mass is 9.81. The number of nitrogens with zero attached hydrogens (tertiary/aromatic N) is 1. The van der Waals surface area contributed by atoms with Crippen molar-refractivity contribution in [1.82, 2.24) is 10.2 Å². The number of carbonyl (C=O) groups is 1. The number of rotatable bonds is 4. The van der Waals surface area contributed by atoms with Crippen molar-refractivity contribution in [3.63, 3.8) is 0 Å². The summed E-state index contributed by atoms with van der Waals surface area (Å²) in [6.45, 7) is 2.39. The van der Waals surface area contributed by atoms with Gasteiger partial charge in [-0.15, -0.1) is 0 Å². The fraction of sp³-hybridized carbons (Fsp3) is 0.321. The Kier molecular flexibility index (Phi) is 6.42. The van der Waals surface area contributed by atoms with Gasteiger partial charge in [-0.2, -0.15) is 0 Å². The molecule has 0 aliphatic carbocycles. The molecular weight excluding hydrogens is 460 g/mol. The van der Waals surface area contributed by atoms with Crippen molar-refractivity contribution in [1.29, 1.82) is 0 Å². The van der Waals surface area contributed by atoms with Crippen LogP contribution in [0.25, 0.3) is 0 Å². The van der Waals surface area contributed by atoms with E-state index in [1.165, 1.54) is 16.7 Å². The van der Waals surface area contributed by atoms with Crippen LogP contribution in [0.3, 0.4) is 0 Å². The molecule has 164 valence electrons. The molecule has 0 saturated carbocycles. The van der Waals surface area contributed by atoms with E-state index in [2.05, 4.69) is 105 Å². The number of nitrogens with one attached hydrogen (secondary N) is 1. The van der Waals surface area contributed by atoms with E-state index >= 15 is 0 Å². The van der Waals surface area contributed by atoms with Crippen molar-refractivity contribution in [2.24, 2.45) is 5.92 Å². The molecule has 2 unspecified atom stereocenters. The Hall–Kier alpha value is -2.43. The number of likely N-dealkylation sites (tertiary alicyclic amines) is 1. The molecule has 5 rings (SSSR count). The first-order chi connectivity index (χ1) is 15.7. The molecule has 0 spiro atoms. The first-order valence-electron chi connectivity index (χ1n) is 11.6. The molecule has 1 N–H and O–H groups in total. The van der Waals surface area contributed by atoms with Crippen molar-refractivity contribution in [3.05, 3.63) is 106 Å². The molecule has 3 nitrogen and oxygen atoms in total. The topological polar surface area (TPSA) is 32.3 Å². The van der Waals surface area contributed by atoms with Gasteiger partial charge in [0.05, 0.1) is 12.0 Å². The maximum atomic E-state index is 14.0. The van der Waals surface area contributed by atoms with Gasteiger partial charge in [-0.3, -0.25) is 4.79 Å². The van der Waals surface area contributed by atoms with Gasteiger partial charge in [0.1, 0.15) is 0 Å². The molecule has 2 fully saturated rings. The summed E-state index contributed by atoms with van der Waals surface area (Å²) in [5.74, 6) is 0.928. The zero-order valence-electron chi connectivity index (χ0n) is 18.2. The van der Waals surface area contributed by atoms with Gasteiger partial charge in [-0.25, -0.2) is 0 Å². The normalized spacial score (nSPS) is 25.6. The standard InChI is InChI=1S/C28H29BrN2O/c29-26-14-8-7-13-23(26)24-18-30-19-25(24)28(32)31-16-15-22(20-9-3-1-4-10-20)17-27(31)21-11-5-2-6-12-21/h1-14,22,24-25,27,30H,15-19H2/t22?,24-,25+,27?/m0/s1. The van der Waals surface area contributed by atoms with Crippen molar-refractivity contribution < 1.29 is 4.79 Å². The SMILES string of the molecule is O=C([C@@H]1CNC[C@H]1c1ccccc1Br)N1CCC(c2ccccc2)CC1c1ccccc1. The Balaban J connectivity index is 1.43. The highest BCUT2D eigenvalue weighted by Gasteiger charge is 2.41. The number of hydrogen-bond acceptors (Lipinski definition) is 2. The Labute approximate surface area is 199 Å². The number of piperidine rings is 1. The number of benzene rings is 3. The zero-order chi connectivity index (χ0) is 21.9. The van der Waals surface area contributed by atoms with E-state index in [-0.39, 0.29) is 23.8 Å². The van der Waals surface area contributed by atoms with Crippen LogP contribution in [-0.2, 0) is 4.79 Å². The number of carbonyl (C=O) groups excluding carboxylic acids is 1. The van der Waals surface area contributed by atoms with Gasteiger partial charge in [0, 0.05) is 30.0 Å². The molecule has 3 aromatic carbocycles. The van der Waals surface area contributed by atoms with Gasteiger partial charge >= 0.3 is 0 Å². The smallest absolute Gasteiger partial charge is 0.228 e. The third kappa shape index (κ3) is 4.26. The minimum atomic E-state index is -0.0341. The molecule has 0 bridgehead atoms. The Morgan fingerprint density at radius 1 is 0.844 bits per heavy atom. The van der Waals surface area contributed by atoms with Gasteiger partial charge in [-0.05, 0) is 41.5 Å². The average molecular weight is 489 g/mol. The van der Waals surface area contributed by atoms with Crippen LogP contribution in [0.1, 0.15) is 47.4 Å². The summed E-state index contributed by atoms with van der Waals surface area (Å²) >= 11 is 3.71. The van der Waals surface area contributed by atoms with E-state index in [1.54, 1.807) is 0 Å². The Morgan fingerprint density at radius 3 is 2.22 bits per heavy atom. The van der Waals surface area contributed by atoms with Gasteiger partial charge in [-0.1, -0.05) is 94.8 Å². The molecule has 2 heterocycles. The van der Waals surface area contributed by atoms with Crippen molar-refractivity contribution in [3.8, 4) is 0 Å². The first-order valence-corrected chi connectivity index (χ1v) is 12.4. The van der Waals surface area contributed by atoms with Crippen LogP contribution in [0.15, 0.2) is 89.4 Å². The van der Waals surface area contributed by atoms with Crippen molar-refractivity contribution in [2.75, 3.05) is 19.6 Å². The predicted octanol–water partition coefficient (Wildman–Crippen LogP) is 5.90. The van der Waals surface area contributed by atoms with Gasteiger partial charge in [0.25, 0.3) is 0 Å². The lowest BCUT2D eigenvalue weighted by Gasteiger charge is -2.42. The quantitative estimate of drug-likeness (QED) is 0.495. The molecular formula is C28H29BrN2O. The molecule has 2 aliphatic heterocycles. The lowest BCUT2D eigenvalue weighted by molar-refractivity contribution is -0.139. The van der Waals surface area contributed by atoms with Crippen LogP contribution in [0.4, 0.5) is 0 Å². The van der Waals surface area contributed by atoms with Crippen LogP contribution < -0.4 is 5.32 Å². The summed E-state index contributed by atoms with van der Waals surface area (Å²) in [4.78, 5) is 16.2.